The Morgan fingerprint density at radius 3 is 2.58 bits per heavy atom. The van der Waals surface area contributed by atoms with Crippen molar-refractivity contribution in [3.05, 3.63) is 27.3 Å². The highest BCUT2D eigenvalue weighted by Crippen LogP contribution is 2.25. The highest BCUT2D eigenvalue weighted by Gasteiger charge is 2.23. The number of carbonyl (C=O) groups excluding carboxylic acids is 1. The molecule has 0 atom stereocenters. The lowest BCUT2D eigenvalue weighted by Gasteiger charge is -2.31. The number of hydrogen-bond donors (Lipinski definition) is 0. The molecule has 1 aliphatic rings. The second-order valence-corrected chi connectivity index (χ2v) is 6.22. The monoisotopic (exact) mass is 373 g/mol. The van der Waals surface area contributed by atoms with Crippen molar-refractivity contribution in [1.29, 1.82) is 0 Å². The zero-order chi connectivity index (χ0) is 13.8. The Morgan fingerprint density at radius 1 is 1.32 bits per heavy atom. The minimum Gasteiger partial charge on any atom is -0.496 e. The lowest BCUT2D eigenvalue weighted by molar-refractivity contribution is 0.0696. The Hall–Kier alpha value is -0.780. The highest BCUT2D eigenvalue weighted by molar-refractivity contribution is 14.1. The number of carbonyl (C=O) groups is 1. The summed E-state index contributed by atoms with van der Waals surface area (Å²) < 4.78 is 6.20. The van der Waals surface area contributed by atoms with E-state index in [0.717, 1.165) is 27.7 Å². The third-order valence-electron chi connectivity index (χ3n) is 3.84. The summed E-state index contributed by atoms with van der Waals surface area (Å²) in [6.07, 6.45) is 6.05. The van der Waals surface area contributed by atoms with Gasteiger partial charge in [0.2, 0.25) is 0 Å². The van der Waals surface area contributed by atoms with Crippen molar-refractivity contribution in [3.8, 4) is 5.75 Å². The Kier molecular flexibility index (Phi) is 5.07. The number of rotatable bonds is 3. The van der Waals surface area contributed by atoms with E-state index in [2.05, 4.69) is 22.6 Å². The van der Waals surface area contributed by atoms with Crippen LogP contribution in [-0.2, 0) is 0 Å². The predicted octanol–water partition coefficient (Wildman–Crippen LogP) is 3.70. The van der Waals surface area contributed by atoms with E-state index in [0.29, 0.717) is 6.04 Å². The second kappa shape index (κ2) is 6.59. The van der Waals surface area contributed by atoms with Crippen LogP contribution in [0.2, 0.25) is 0 Å². The van der Waals surface area contributed by atoms with Gasteiger partial charge in [-0.2, -0.15) is 0 Å². The summed E-state index contributed by atoms with van der Waals surface area (Å²) in [4.78, 5) is 14.4. The van der Waals surface area contributed by atoms with E-state index in [1.807, 2.05) is 30.1 Å². The minimum absolute atomic E-state index is 0.118. The van der Waals surface area contributed by atoms with Crippen molar-refractivity contribution in [2.45, 2.75) is 38.1 Å². The summed E-state index contributed by atoms with van der Waals surface area (Å²) in [5.41, 5.74) is 0.748. The minimum atomic E-state index is 0.118. The second-order valence-electron chi connectivity index (χ2n) is 5.06. The summed E-state index contributed by atoms with van der Waals surface area (Å²) in [5, 5.41) is 0. The first kappa shape index (κ1) is 14.6. The summed E-state index contributed by atoms with van der Waals surface area (Å²) >= 11 is 2.20. The fourth-order valence-electron chi connectivity index (χ4n) is 2.64. The molecule has 0 bridgehead atoms. The maximum atomic E-state index is 12.5. The van der Waals surface area contributed by atoms with E-state index in [4.69, 9.17) is 4.74 Å². The van der Waals surface area contributed by atoms with Gasteiger partial charge in [0.1, 0.15) is 5.75 Å². The Balaban J connectivity index is 2.12. The molecule has 0 unspecified atom stereocenters. The van der Waals surface area contributed by atoms with Crippen LogP contribution in [0.25, 0.3) is 0 Å². The van der Waals surface area contributed by atoms with Gasteiger partial charge >= 0.3 is 0 Å². The van der Waals surface area contributed by atoms with Crippen LogP contribution >= 0.6 is 22.6 Å². The highest BCUT2D eigenvalue weighted by atomic mass is 127. The van der Waals surface area contributed by atoms with Crippen LogP contribution in [0.5, 0.6) is 5.75 Å². The van der Waals surface area contributed by atoms with Crippen molar-refractivity contribution in [1.82, 2.24) is 4.90 Å². The molecule has 19 heavy (non-hydrogen) atoms. The molecule has 0 aromatic heterocycles. The van der Waals surface area contributed by atoms with Gasteiger partial charge in [-0.1, -0.05) is 19.3 Å². The van der Waals surface area contributed by atoms with Gasteiger partial charge in [0, 0.05) is 18.7 Å². The maximum Gasteiger partial charge on any atom is 0.253 e. The summed E-state index contributed by atoms with van der Waals surface area (Å²) in [5.74, 6) is 0.935. The summed E-state index contributed by atoms with van der Waals surface area (Å²) in [6, 6.07) is 6.02. The number of methoxy groups -OCH3 is 1. The number of hydrogen-bond acceptors (Lipinski definition) is 2. The molecule has 0 saturated heterocycles. The largest absolute Gasteiger partial charge is 0.496 e. The van der Waals surface area contributed by atoms with E-state index in [9.17, 15) is 4.79 Å². The first-order chi connectivity index (χ1) is 9.13. The molecule has 1 aromatic carbocycles. The van der Waals surface area contributed by atoms with Gasteiger partial charge in [0.05, 0.1) is 10.7 Å². The van der Waals surface area contributed by atoms with E-state index >= 15 is 0 Å². The molecule has 0 N–H and O–H groups in total. The lowest BCUT2D eigenvalue weighted by Crippen LogP contribution is -2.38. The summed E-state index contributed by atoms with van der Waals surface area (Å²) in [6.45, 7) is 0. The topological polar surface area (TPSA) is 29.5 Å². The molecule has 2 rings (SSSR count). The standard InChI is InChI=1S/C15H20INO2/c1-17(12-6-4-3-5-7-12)15(18)11-8-9-14(19-2)13(16)10-11/h8-10,12H,3-7H2,1-2H3. The molecule has 1 saturated carbocycles. The van der Waals surface area contributed by atoms with E-state index in [1.165, 1.54) is 19.3 Å². The maximum absolute atomic E-state index is 12.5. The molecule has 3 nitrogen and oxygen atoms in total. The lowest BCUT2D eigenvalue weighted by atomic mass is 9.94. The number of ether oxygens (including phenoxy) is 1. The number of nitrogens with zero attached hydrogens (tertiary/aromatic N) is 1. The van der Waals surface area contributed by atoms with Crippen LogP contribution in [0.4, 0.5) is 0 Å². The molecular weight excluding hydrogens is 353 g/mol. The first-order valence-corrected chi connectivity index (χ1v) is 7.82. The van der Waals surface area contributed by atoms with E-state index < -0.39 is 0 Å². The van der Waals surface area contributed by atoms with Gasteiger partial charge in [-0.05, 0) is 53.6 Å². The molecule has 0 spiro atoms. The molecule has 0 aliphatic heterocycles. The SMILES string of the molecule is COc1ccc(C(=O)N(C)C2CCCCC2)cc1I. The average Bonchev–Trinajstić information content (AvgIpc) is 2.46. The Labute approximate surface area is 128 Å². The van der Waals surface area contributed by atoms with Gasteiger partial charge in [-0.25, -0.2) is 0 Å². The zero-order valence-electron chi connectivity index (χ0n) is 11.5. The van der Waals surface area contributed by atoms with Crippen LogP contribution in [0.15, 0.2) is 18.2 Å². The molecule has 1 aliphatic carbocycles. The normalized spacial score (nSPS) is 16.2. The van der Waals surface area contributed by atoms with E-state index in [1.54, 1.807) is 7.11 Å². The van der Waals surface area contributed by atoms with Crippen LogP contribution in [0, 0.1) is 3.57 Å². The van der Waals surface area contributed by atoms with Crippen LogP contribution in [0.1, 0.15) is 42.5 Å². The Bertz CT molecular complexity index is 455. The number of amides is 1. The van der Waals surface area contributed by atoms with Crippen LogP contribution < -0.4 is 4.74 Å². The van der Waals surface area contributed by atoms with Crippen LogP contribution in [-0.4, -0.2) is 31.0 Å². The average molecular weight is 373 g/mol. The Morgan fingerprint density at radius 2 is 2.00 bits per heavy atom. The number of benzene rings is 1. The van der Waals surface area contributed by atoms with Crippen molar-refractivity contribution in [2.24, 2.45) is 0 Å². The fourth-order valence-corrected chi connectivity index (χ4v) is 3.37. The fraction of sp³-hybridized carbons (Fsp3) is 0.533. The quantitative estimate of drug-likeness (QED) is 0.757. The molecule has 0 heterocycles. The molecule has 104 valence electrons. The van der Waals surface area contributed by atoms with E-state index in [-0.39, 0.29) is 5.91 Å². The van der Waals surface area contributed by atoms with Crippen molar-refractivity contribution >= 4 is 28.5 Å². The molecular formula is C15H20INO2. The molecule has 0 radical (unpaired) electrons. The molecule has 1 amide bonds. The third-order valence-corrected chi connectivity index (χ3v) is 4.68. The third kappa shape index (κ3) is 3.41. The smallest absolute Gasteiger partial charge is 0.253 e. The van der Waals surface area contributed by atoms with Crippen molar-refractivity contribution < 1.29 is 9.53 Å². The van der Waals surface area contributed by atoms with Crippen molar-refractivity contribution in [2.75, 3.05) is 14.2 Å². The molecule has 4 heteroatoms. The van der Waals surface area contributed by atoms with Gasteiger partial charge in [-0.15, -0.1) is 0 Å². The van der Waals surface area contributed by atoms with Gasteiger partial charge < -0.3 is 9.64 Å². The molecule has 1 aromatic rings. The van der Waals surface area contributed by atoms with Crippen LogP contribution in [0.3, 0.4) is 0 Å². The number of halogens is 1. The van der Waals surface area contributed by atoms with Gasteiger partial charge in [-0.3, -0.25) is 4.79 Å². The van der Waals surface area contributed by atoms with Gasteiger partial charge in [0.25, 0.3) is 5.91 Å². The zero-order valence-corrected chi connectivity index (χ0v) is 13.6. The molecule has 1 fully saturated rings. The predicted molar refractivity (Wildman–Crippen MR) is 84.7 cm³/mol. The first-order valence-electron chi connectivity index (χ1n) is 6.74. The summed E-state index contributed by atoms with van der Waals surface area (Å²) in [7, 11) is 3.57. The van der Waals surface area contributed by atoms with Crippen molar-refractivity contribution in [3.63, 3.8) is 0 Å². The van der Waals surface area contributed by atoms with Gasteiger partial charge in [0.15, 0.2) is 0 Å².